The van der Waals surface area contributed by atoms with Crippen molar-refractivity contribution in [3.63, 3.8) is 0 Å². The van der Waals surface area contributed by atoms with E-state index in [1.807, 2.05) is 31.2 Å². The fourth-order valence-electron chi connectivity index (χ4n) is 3.70. The van der Waals surface area contributed by atoms with Gasteiger partial charge >= 0.3 is 0 Å². The predicted octanol–water partition coefficient (Wildman–Crippen LogP) is 5.28. The van der Waals surface area contributed by atoms with E-state index in [0.29, 0.717) is 6.54 Å². The van der Waals surface area contributed by atoms with Crippen LogP contribution in [-0.2, 0) is 12.0 Å². The first kappa shape index (κ1) is 18.2. The zero-order valence-corrected chi connectivity index (χ0v) is 16.4. The summed E-state index contributed by atoms with van der Waals surface area (Å²) in [5.41, 5.74) is 4.54. The second-order valence-electron chi connectivity index (χ2n) is 7.42. The second kappa shape index (κ2) is 7.81. The summed E-state index contributed by atoms with van der Waals surface area (Å²) >= 11 is 0. The molecule has 28 heavy (non-hydrogen) atoms. The van der Waals surface area contributed by atoms with Gasteiger partial charge in [-0.15, -0.1) is 0 Å². The van der Waals surface area contributed by atoms with E-state index in [-0.39, 0.29) is 5.41 Å². The molecule has 0 fully saturated rings. The summed E-state index contributed by atoms with van der Waals surface area (Å²) in [6.07, 6.45) is 0. The number of aliphatic imine (C=N–C) groups is 1. The van der Waals surface area contributed by atoms with Crippen molar-refractivity contribution < 1.29 is 0 Å². The first-order valence-corrected chi connectivity index (χ1v) is 9.69. The number of hydrogen-bond donors (Lipinski definition) is 0. The molecule has 4 rings (SSSR count). The van der Waals surface area contributed by atoms with Gasteiger partial charge in [-0.3, -0.25) is 10.0 Å². The molecule has 1 aliphatic rings. The Hall–Kier alpha value is -3.20. The molecule has 3 aromatic carbocycles. The lowest BCUT2D eigenvalue weighted by atomic mass is 9.76. The maximum absolute atomic E-state index is 5.02. The van der Waals surface area contributed by atoms with Gasteiger partial charge in [-0.25, -0.2) is 0 Å². The van der Waals surface area contributed by atoms with Crippen molar-refractivity contribution in [3.8, 4) is 0 Å². The Morgan fingerprint density at radius 3 is 2.11 bits per heavy atom. The van der Waals surface area contributed by atoms with Crippen LogP contribution in [0.1, 0.15) is 30.5 Å². The summed E-state index contributed by atoms with van der Waals surface area (Å²) in [4.78, 5) is 4.80. The maximum atomic E-state index is 5.02. The standard InChI is InChI=1S/C25H25N3/c1-20(26-18-21-12-6-3-7-13-21)28-19-25(2,23-16-10-5-11-17-23)24(27-28)22-14-8-4-9-15-22/h3-17H,18-19H2,1-2H3/t25-/m0/s1. The fourth-order valence-corrected chi connectivity index (χ4v) is 3.70. The van der Waals surface area contributed by atoms with Crippen molar-refractivity contribution in [2.45, 2.75) is 25.8 Å². The van der Waals surface area contributed by atoms with Crippen LogP contribution in [0.5, 0.6) is 0 Å². The summed E-state index contributed by atoms with van der Waals surface area (Å²) in [6.45, 7) is 5.78. The molecule has 1 heterocycles. The highest BCUT2D eigenvalue weighted by Gasteiger charge is 2.41. The Balaban J connectivity index is 1.67. The molecule has 0 saturated heterocycles. The van der Waals surface area contributed by atoms with Crippen molar-refractivity contribution in [1.82, 2.24) is 5.01 Å². The van der Waals surface area contributed by atoms with Crippen molar-refractivity contribution >= 4 is 11.5 Å². The van der Waals surface area contributed by atoms with E-state index in [1.54, 1.807) is 0 Å². The first-order chi connectivity index (χ1) is 13.7. The Labute approximate surface area is 167 Å². The van der Waals surface area contributed by atoms with Crippen LogP contribution < -0.4 is 0 Å². The SMILES string of the molecule is CC(=NCc1ccccc1)N1C[C@@](C)(c2ccccc2)C(c2ccccc2)=N1. The number of nitrogens with zero attached hydrogens (tertiary/aromatic N) is 3. The number of amidine groups is 1. The monoisotopic (exact) mass is 367 g/mol. The van der Waals surface area contributed by atoms with Gasteiger partial charge in [-0.2, -0.15) is 5.10 Å². The quantitative estimate of drug-likeness (QED) is 0.455. The fraction of sp³-hybridized carbons (Fsp3) is 0.200. The van der Waals surface area contributed by atoms with Gasteiger partial charge in [-0.1, -0.05) is 91.0 Å². The molecule has 0 bridgehead atoms. The number of hydrazone groups is 1. The lowest BCUT2D eigenvalue weighted by molar-refractivity contribution is 0.423. The van der Waals surface area contributed by atoms with Gasteiger partial charge in [0, 0.05) is 0 Å². The van der Waals surface area contributed by atoms with Crippen LogP contribution in [0.3, 0.4) is 0 Å². The molecule has 3 aromatic rings. The third-order valence-electron chi connectivity index (χ3n) is 5.37. The van der Waals surface area contributed by atoms with Gasteiger partial charge in [0.15, 0.2) is 0 Å². The summed E-state index contributed by atoms with van der Waals surface area (Å²) in [5.74, 6) is 0.942. The van der Waals surface area contributed by atoms with E-state index >= 15 is 0 Å². The third kappa shape index (κ3) is 3.61. The van der Waals surface area contributed by atoms with Crippen LogP contribution in [0.15, 0.2) is 101 Å². The molecule has 0 radical (unpaired) electrons. The van der Waals surface area contributed by atoms with E-state index < -0.39 is 0 Å². The molecular formula is C25H25N3. The molecule has 0 saturated carbocycles. The number of hydrogen-bond acceptors (Lipinski definition) is 2. The lowest BCUT2D eigenvalue weighted by Crippen LogP contribution is -2.37. The predicted molar refractivity (Wildman–Crippen MR) is 117 cm³/mol. The summed E-state index contributed by atoms with van der Waals surface area (Å²) in [7, 11) is 0. The average molecular weight is 367 g/mol. The van der Waals surface area contributed by atoms with Gasteiger partial charge < -0.3 is 0 Å². The van der Waals surface area contributed by atoms with Gasteiger partial charge in [0.25, 0.3) is 0 Å². The Kier molecular flexibility index (Phi) is 5.07. The lowest BCUT2D eigenvalue weighted by Gasteiger charge is -2.27. The third-order valence-corrected chi connectivity index (χ3v) is 5.37. The minimum absolute atomic E-state index is 0.188. The first-order valence-electron chi connectivity index (χ1n) is 9.69. The normalized spacial score (nSPS) is 19.6. The molecule has 3 heteroatoms. The molecule has 3 nitrogen and oxygen atoms in total. The van der Waals surface area contributed by atoms with Gasteiger partial charge in [-0.05, 0) is 30.5 Å². The Bertz CT molecular complexity index is 978. The average Bonchev–Trinajstić information content (AvgIpc) is 3.13. The highest BCUT2D eigenvalue weighted by atomic mass is 15.5. The topological polar surface area (TPSA) is 28.0 Å². The van der Waals surface area contributed by atoms with E-state index in [1.165, 1.54) is 11.1 Å². The molecular weight excluding hydrogens is 342 g/mol. The molecule has 0 unspecified atom stereocenters. The van der Waals surface area contributed by atoms with Crippen LogP contribution in [0, 0.1) is 0 Å². The van der Waals surface area contributed by atoms with E-state index in [0.717, 1.165) is 23.7 Å². The maximum Gasteiger partial charge on any atom is 0.117 e. The molecule has 140 valence electrons. The van der Waals surface area contributed by atoms with E-state index in [2.05, 4.69) is 78.7 Å². The smallest absolute Gasteiger partial charge is 0.117 e. The van der Waals surface area contributed by atoms with Crippen LogP contribution in [0.2, 0.25) is 0 Å². The largest absolute Gasteiger partial charge is 0.266 e. The number of rotatable bonds is 4. The van der Waals surface area contributed by atoms with Gasteiger partial charge in [0.1, 0.15) is 5.84 Å². The van der Waals surface area contributed by atoms with Crippen molar-refractivity contribution in [2.24, 2.45) is 10.1 Å². The Morgan fingerprint density at radius 2 is 1.46 bits per heavy atom. The number of benzene rings is 3. The van der Waals surface area contributed by atoms with E-state index in [9.17, 15) is 0 Å². The van der Waals surface area contributed by atoms with Crippen LogP contribution >= 0.6 is 0 Å². The Morgan fingerprint density at radius 1 is 0.893 bits per heavy atom. The molecule has 1 atom stereocenters. The van der Waals surface area contributed by atoms with Crippen molar-refractivity contribution in [2.75, 3.05) is 6.54 Å². The van der Waals surface area contributed by atoms with Crippen LogP contribution in [0.4, 0.5) is 0 Å². The minimum atomic E-state index is -0.188. The van der Waals surface area contributed by atoms with Gasteiger partial charge in [0.05, 0.1) is 24.2 Å². The highest BCUT2D eigenvalue weighted by Crippen LogP contribution is 2.35. The highest BCUT2D eigenvalue weighted by molar-refractivity contribution is 6.10. The second-order valence-corrected chi connectivity index (χ2v) is 7.42. The molecule has 0 N–H and O–H groups in total. The summed E-state index contributed by atoms with van der Waals surface area (Å²) < 4.78 is 0. The molecule has 0 amide bonds. The van der Waals surface area contributed by atoms with Gasteiger partial charge in [0.2, 0.25) is 0 Å². The van der Waals surface area contributed by atoms with Crippen LogP contribution in [-0.4, -0.2) is 23.1 Å². The van der Waals surface area contributed by atoms with E-state index in [4.69, 9.17) is 10.1 Å². The minimum Gasteiger partial charge on any atom is -0.266 e. The van der Waals surface area contributed by atoms with Crippen molar-refractivity contribution in [1.29, 1.82) is 0 Å². The van der Waals surface area contributed by atoms with Crippen LogP contribution in [0.25, 0.3) is 0 Å². The molecule has 1 aliphatic heterocycles. The molecule has 0 aromatic heterocycles. The van der Waals surface area contributed by atoms with Crippen molar-refractivity contribution in [3.05, 3.63) is 108 Å². The summed E-state index contributed by atoms with van der Waals surface area (Å²) in [6, 6.07) is 31.5. The molecule has 0 spiro atoms. The zero-order chi connectivity index (χ0) is 19.4. The summed E-state index contributed by atoms with van der Waals surface area (Å²) in [5, 5.41) is 7.07. The molecule has 0 aliphatic carbocycles. The zero-order valence-electron chi connectivity index (χ0n) is 16.4.